The second kappa shape index (κ2) is 7.50. The zero-order valence-corrected chi connectivity index (χ0v) is 10.7. The third-order valence-electron chi connectivity index (χ3n) is 2.48. The maximum absolute atomic E-state index is 11.1. The topological polar surface area (TPSA) is 58.6 Å². The van der Waals surface area contributed by atoms with Gasteiger partial charge in [-0.1, -0.05) is 24.3 Å². The largest absolute Gasteiger partial charge is 0.497 e. The van der Waals surface area contributed by atoms with Crippen LogP contribution in [0.15, 0.2) is 36.4 Å². The molecule has 18 heavy (non-hydrogen) atoms. The summed E-state index contributed by atoms with van der Waals surface area (Å²) < 4.78 is 5.09. The van der Waals surface area contributed by atoms with Crippen molar-refractivity contribution in [2.45, 2.75) is 19.4 Å². The van der Waals surface area contributed by atoms with E-state index in [0.29, 0.717) is 6.42 Å². The van der Waals surface area contributed by atoms with E-state index >= 15 is 0 Å². The van der Waals surface area contributed by atoms with Gasteiger partial charge in [0.2, 0.25) is 5.91 Å². The van der Waals surface area contributed by atoms with Gasteiger partial charge in [0.05, 0.1) is 19.8 Å². The van der Waals surface area contributed by atoms with Gasteiger partial charge in [-0.15, -0.1) is 0 Å². The summed E-state index contributed by atoms with van der Waals surface area (Å²) in [6.07, 6.45) is 4.11. The Bertz CT molecular complexity index is 398. The van der Waals surface area contributed by atoms with Crippen LogP contribution in [0.4, 0.5) is 0 Å². The number of hydrogen-bond acceptors (Lipinski definition) is 3. The minimum Gasteiger partial charge on any atom is -0.497 e. The van der Waals surface area contributed by atoms with E-state index in [-0.39, 0.29) is 18.6 Å². The average Bonchev–Trinajstić information content (AvgIpc) is 2.36. The van der Waals surface area contributed by atoms with Gasteiger partial charge in [-0.3, -0.25) is 4.79 Å². The summed E-state index contributed by atoms with van der Waals surface area (Å²) in [5.74, 6) is 0.719. The summed E-state index contributed by atoms with van der Waals surface area (Å²) in [6, 6.07) is 7.58. The fraction of sp³-hybridized carbons (Fsp3) is 0.357. The van der Waals surface area contributed by atoms with E-state index in [1.165, 1.54) is 6.92 Å². The highest BCUT2D eigenvalue weighted by Gasteiger charge is 2.07. The predicted molar refractivity (Wildman–Crippen MR) is 70.5 cm³/mol. The Morgan fingerprint density at radius 1 is 1.44 bits per heavy atom. The lowest BCUT2D eigenvalue weighted by Gasteiger charge is -2.14. The van der Waals surface area contributed by atoms with Crippen molar-refractivity contribution in [1.82, 2.24) is 5.32 Å². The molecule has 0 aliphatic rings. The monoisotopic (exact) mass is 249 g/mol. The summed E-state index contributed by atoms with van der Waals surface area (Å²) in [4.78, 5) is 11.1. The quantitative estimate of drug-likeness (QED) is 0.747. The first-order valence-electron chi connectivity index (χ1n) is 5.83. The van der Waals surface area contributed by atoms with E-state index in [0.717, 1.165) is 11.3 Å². The van der Waals surface area contributed by atoms with Crippen LogP contribution < -0.4 is 10.1 Å². The van der Waals surface area contributed by atoms with Crippen LogP contribution in [0.5, 0.6) is 5.75 Å². The summed E-state index contributed by atoms with van der Waals surface area (Å²) in [6.45, 7) is 1.45. The maximum atomic E-state index is 11.1. The molecule has 0 radical (unpaired) electrons. The van der Waals surface area contributed by atoms with E-state index in [4.69, 9.17) is 9.84 Å². The van der Waals surface area contributed by atoms with Gasteiger partial charge in [-0.2, -0.15) is 0 Å². The summed E-state index contributed by atoms with van der Waals surface area (Å²) in [5.41, 5.74) is 1.09. The van der Waals surface area contributed by atoms with Crippen molar-refractivity contribution in [1.29, 1.82) is 0 Å². The van der Waals surface area contributed by atoms with E-state index < -0.39 is 0 Å². The molecule has 1 aromatic rings. The van der Waals surface area contributed by atoms with Crippen LogP contribution in [0, 0.1) is 0 Å². The molecular weight excluding hydrogens is 230 g/mol. The van der Waals surface area contributed by atoms with E-state index in [9.17, 15) is 4.79 Å². The number of rotatable bonds is 6. The van der Waals surface area contributed by atoms with E-state index in [1.807, 2.05) is 24.3 Å². The van der Waals surface area contributed by atoms with E-state index in [1.54, 1.807) is 19.3 Å². The smallest absolute Gasteiger partial charge is 0.217 e. The van der Waals surface area contributed by atoms with Gasteiger partial charge in [0.1, 0.15) is 5.75 Å². The SMILES string of the molecule is COc1ccc(C[C@H](/C=C\CO)NC(C)=O)cc1. The molecule has 0 bridgehead atoms. The zero-order chi connectivity index (χ0) is 13.4. The van der Waals surface area contributed by atoms with Crippen LogP contribution in [-0.4, -0.2) is 30.8 Å². The summed E-state index contributed by atoms with van der Waals surface area (Å²) >= 11 is 0. The summed E-state index contributed by atoms with van der Waals surface area (Å²) in [7, 11) is 1.62. The van der Waals surface area contributed by atoms with Crippen molar-refractivity contribution in [3.63, 3.8) is 0 Å². The van der Waals surface area contributed by atoms with Crippen molar-refractivity contribution >= 4 is 5.91 Å². The molecule has 0 unspecified atom stereocenters. The molecule has 98 valence electrons. The molecule has 0 aliphatic carbocycles. The molecule has 2 N–H and O–H groups in total. The number of aliphatic hydroxyl groups excluding tert-OH is 1. The van der Waals surface area contributed by atoms with Crippen molar-refractivity contribution < 1.29 is 14.6 Å². The molecule has 1 atom stereocenters. The van der Waals surface area contributed by atoms with Gasteiger partial charge in [-0.05, 0) is 24.1 Å². The number of hydrogen-bond donors (Lipinski definition) is 2. The van der Waals surface area contributed by atoms with E-state index in [2.05, 4.69) is 5.32 Å². The Kier molecular flexibility index (Phi) is 5.94. The molecule has 0 heterocycles. The second-order valence-electron chi connectivity index (χ2n) is 3.97. The highest BCUT2D eigenvalue weighted by molar-refractivity contribution is 5.73. The number of benzene rings is 1. The second-order valence-corrected chi connectivity index (χ2v) is 3.97. The van der Waals surface area contributed by atoms with Gasteiger partial charge < -0.3 is 15.2 Å². The van der Waals surface area contributed by atoms with Crippen LogP contribution in [-0.2, 0) is 11.2 Å². The van der Waals surface area contributed by atoms with Gasteiger partial charge >= 0.3 is 0 Å². The standard InChI is InChI=1S/C14H19NO3/c1-11(17)15-13(4-3-9-16)10-12-5-7-14(18-2)8-6-12/h3-8,13,16H,9-10H2,1-2H3,(H,15,17)/b4-3-/t13-/m0/s1. The van der Waals surface area contributed by atoms with Crippen molar-refractivity contribution in [2.24, 2.45) is 0 Å². The fourth-order valence-electron chi connectivity index (χ4n) is 1.67. The van der Waals surface area contributed by atoms with Gasteiger partial charge in [-0.25, -0.2) is 0 Å². The number of aliphatic hydroxyl groups is 1. The lowest BCUT2D eigenvalue weighted by molar-refractivity contribution is -0.119. The van der Waals surface area contributed by atoms with Crippen molar-refractivity contribution in [3.05, 3.63) is 42.0 Å². The molecular formula is C14H19NO3. The highest BCUT2D eigenvalue weighted by Crippen LogP contribution is 2.13. The molecule has 0 aliphatic heterocycles. The Morgan fingerprint density at radius 2 is 2.11 bits per heavy atom. The number of nitrogens with one attached hydrogen (secondary N) is 1. The van der Waals surface area contributed by atoms with Gasteiger partial charge in [0.25, 0.3) is 0 Å². The Morgan fingerprint density at radius 3 is 2.61 bits per heavy atom. The number of amides is 1. The molecule has 1 aromatic carbocycles. The highest BCUT2D eigenvalue weighted by atomic mass is 16.5. The number of carbonyl (C=O) groups excluding carboxylic acids is 1. The first-order valence-corrected chi connectivity index (χ1v) is 5.83. The Labute approximate surface area is 107 Å². The summed E-state index contributed by atoms with van der Waals surface area (Å²) in [5, 5.41) is 11.6. The van der Waals surface area contributed by atoms with Gasteiger partial charge in [0, 0.05) is 6.92 Å². The normalized spacial score (nSPS) is 12.4. The molecule has 0 saturated carbocycles. The van der Waals surface area contributed by atoms with Crippen molar-refractivity contribution in [3.8, 4) is 5.75 Å². The molecule has 0 aromatic heterocycles. The average molecular weight is 249 g/mol. The lowest BCUT2D eigenvalue weighted by atomic mass is 10.1. The third-order valence-corrected chi connectivity index (χ3v) is 2.48. The molecule has 1 amide bonds. The molecule has 0 fully saturated rings. The van der Waals surface area contributed by atoms with Gasteiger partial charge in [0.15, 0.2) is 0 Å². The lowest BCUT2D eigenvalue weighted by Crippen LogP contribution is -2.33. The predicted octanol–water partition coefficient (Wildman–Crippen LogP) is 1.29. The first-order chi connectivity index (χ1) is 8.65. The maximum Gasteiger partial charge on any atom is 0.217 e. The molecule has 4 heteroatoms. The first kappa shape index (κ1) is 14.3. The number of ether oxygens (including phenoxy) is 1. The Balaban J connectivity index is 2.68. The van der Waals surface area contributed by atoms with Crippen LogP contribution in [0.1, 0.15) is 12.5 Å². The minimum absolute atomic E-state index is 0.0291. The number of methoxy groups -OCH3 is 1. The number of carbonyl (C=O) groups is 1. The fourth-order valence-corrected chi connectivity index (χ4v) is 1.67. The molecule has 0 saturated heterocycles. The van der Waals surface area contributed by atoms with Crippen molar-refractivity contribution in [2.75, 3.05) is 13.7 Å². The van der Waals surface area contributed by atoms with Crippen LogP contribution in [0.25, 0.3) is 0 Å². The van der Waals surface area contributed by atoms with Crippen LogP contribution >= 0.6 is 0 Å². The molecule has 4 nitrogen and oxygen atoms in total. The molecule has 1 rings (SSSR count). The van der Waals surface area contributed by atoms with Crippen LogP contribution in [0.2, 0.25) is 0 Å². The van der Waals surface area contributed by atoms with Crippen LogP contribution in [0.3, 0.4) is 0 Å². The Hall–Kier alpha value is -1.81. The third kappa shape index (κ3) is 5.01. The zero-order valence-electron chi connectivity index (χ0n) is 10.7. The molecule has 0 spiro atoms. The minimum atomic E-state index is -0.108.